The Morgan fingerprint density at radius 1 is 1.58 bits per heavy atom. The van der Waals surface area contributed by atoms with E-state index in [0.717, 1.165) is 11.1 Å². The summed E-state index contributed by atoms with van der Waals surface area (Å²) in [6, 6.07) is 5.02. The van der Waals surface area contributed by atoms with Gasteiger partial charge in [0, 0.05) is 5.02 Å². The molecule has 1 aromatic rings. The summed E-state index contributed by atoms with van der Waals surface area (Å²) in [5, 5.41) is 10.0. The standard InChI is InChI=1S/C10H11ClO/c1-7(2)5-8-6-9(11)3-4-10(8)12/h3-4,6,12H,1,5H2,2H3. The summed E-state index contributed by atoms with van der Waals surface area (Å²) in [5.41, 5.74) is 1.84. The second-order valence-corrected chi connectivity index (χ2v) is 3.34. The molecule has 0 saturated carbocycles. The van der Waals surface area contributed by atoms with Crippen LogP contribution in [0.2, 0.25) is 5.02 Å². The van der Waals surface area contributed by atoms with Crippen LogP contribution in [0.25, 0.3) is 0 Å². The fourth-order valence-corrected chi connectivity index (χ4v) is 1.22. The van der Waals surface area contributed by atoms with Crippen molar-refractivity contribution in [1.82, 2.24) is 0 Å². The quantitative estimate of drug-likeness (QED) is 0.697. The lowest BCUT2D eigenvalue weighted by Crippen LogP contribution is -1.86. The van der Waals surface area contributed by atoms with Gasteiger partial charge in [0.25, 0.3) is 0 Å². The molecular formula is C10H11ClO. The fourth-order valence-electron chi connectivity index (χ4n) is 1.02. The van der Waals surface area contributed by atoms with Crippen molar-refractivity contribution in [3.63, 3.8) is 0 Å². The Balaban J connectivity index is 2.97. The molecule has 0 saturated heterocycles. The molecule has 12 heavy (non-hydrogen) atoms. The van der Waals surface area contributed by atoms with Crippen molar-refractivity contribution < 1.29 is 5.11 Å². The highest BCUT2D eigenvalue weighted by atomic mass is 35.5. The third-order valence-electron chi connectivity index (χ3n) is 1.53. The average molecular weight is 183 g/mol. The van der Waals surface area contributed by atoms with Gasteiger partial charge in [-0.3, -0.25) is 0 Å². The van der Waals surface area contributed by atoms with Gasteiger partial charge in [-0.25, -0.2) is 0 Å². The van der Waals surface area contributed by atoms with Crippen LogP contribution in [0.4, 0.5) is 0 Å². The van der Waals surface area contributed by atoms with Gasteiger partial charge in [0.2, 0.25) is 0 Å². The van der Waals surface area contributed by atoms with Crippen LogP contribution in [-0.4, -0.2) is 5.11 Å². The summed E-state index contributed by atoms with van der Waals surface area (Å²) in [4.78, 5) is 0. The van der Waals surface area contributed by atoms with Gasteiger partial charge in [0.1, 0.15) is 5.75 Å². The van der Waals surface area contributed by atoms with Crippen LogP contribution in [0.5, 0.6) is 5.75 Å². The maximum absolute atomic E-state index is 9.38. The molecule has 0 heterocycles. The Morgan fingerprint density at radius 3 is 2.83 bits per heavy atom. The lowest BCUT2D eigenvalue weighted by atomic mass is 10.1. The number of phenols is 1. The summed E-state index contributed by atoms with van der Waals surface area (Å²) in [6.07, 6.45) is 0.673. The SMILES string of the molecule is C=C(C)Cc1cc(Cl)ccc1O. The highest BCUT2D eigenvalue weighted by molar-refractivity contribution is 6.30. The molecule has 0 bridgehead atoms. The number of phenolic OH excluding ortho intramolecular Hbond substituents is 1. The molecule has 64 valence electrons. The zero-order valence-corrected chi connectivity index (χ0v) is 7.73. The molecule has 0 spiro atoms. The average Bonchev–Trinajstić information content (AvgIpc) is 1.96. The molecule has 0 atom stereocenters. The third-order valence-corrected chi connectivity index (χ3v) is 1.77. The Bertz CT molecular complexity index is 305. The maximum atomic E-state index is 9.38. The predicted molar refractivity (Wildman–Crippen MR) is 51.6 cm³/mol. The molecule has 1 nitrogen and oxygen atoms in total. The van der Waals surface area contributed by atoms with E-state index in [9.17, 15) is 5.11 Å². The van der Waals surface area contributed by atoms with Gasteiger partial charge in [0.15, 0.2) is 0 Å². The van der Waals surface area contributed by atoms with Crippen LogP contribution >= 0.6 is 11.6 Å². The van der Waals surface area contributed by atoms with Gasteiger partial charge in [-0.1, -0.05) is 23.8 Å². The van der Waals surface area contributed by atoms with Crippen molar-refractivity contribution in [2.24, 2.45) is 0 Å². The minimum atomic E-state index is 0.280. The molecule has 0 fully saturated rings. The number of halogens is 1. The first-order chi connectivity index (χ1) is 5.59. The lowest BCUT2D eigenvalue weighted by Gasteiger charge is -2.03. The monoisotopic (exact) mass is 182 g/mol. The first kappa shape index (κ1) is 9.14. The van der Waals surface area contributed by atoms with Gasteiger partial charge < -0.3 is 5.11 Å². The van der Waals surface area contributed by atoms with E-state index in [1.54, 1.807) is 18.2 Å². The van der Waals surface area contributed by atoms with Crippen molar-refractivity contribution in [2.45, 2.75) is 13.3 Å². The summed E-state index contributed by atoms with van der Waals surface area (Å²) in [6.45, 7) is 5.68. The molecule has 1 aromatic carbocycles. The third kappa shape index (κ3) is 2.28. The molecule has 0 unspecified atom stereocenters. The fraction of sp³-hybridized carbons (Fsp3) is 0.200. The summed E-state index contributed by atoms with van der Waals surface area (Å²) >= 11 is 5.76. The number of aromatic hydroxyl groups is 1. The zero-order chi connectivity index (χ0) is 9.14. The minimum Gasteiger partial charge on any atom is -0.508 e. The smallest absolute Gasteiger partial charge is 0.119 e. The summed E-state index contributed by atoms with van der Waals surface area (Å²) in [5.74, 6) is 0.280. The van der Waals surface area contributed by atoms with Crippen molar-refractivity contribution in [2.75, 3.05) is 0 Å². The lowest BCUT2D eigenvalue weighted by molar-refractivity contribution is 0.469. The predicted octanol–water partition coefficient (Wildman–Crippen LogP) is 3.16. The number of benzene rings is 1. The Labute approximate surface area is 77.3 Å². The van der Waals surface area contributed by atoms with E-state index >= 15 is 0 Å². The normalized spacial score (nSPS) is 9.83. The van der Waals surface area contributed by atoms with E-state index in [2.05, 4.69) is 6.58 Å². The van der Waals surface area contributed by atoms with E-state index in [-0.39, 0.29) is 5.75 Å². The molecule has 2 heteroatoms. The van der Waals surface area contributed by atoms with Gasteiger partial charge >= 0.3 is 0 Å². The highest BCUT2D eigenvalue weighted by Crippen LogP contribution is 2.23. The van der Waals surface area contributed by atoms with Crippen LogP contribution in [0.15, 0.2) is 30.4 Å². The topological polar surface area (TPSA) is 20.2 Å². The second kappa shape index (κ2) is 3.63. The Morgan fingerprint density at radius 2 is 2.25 bits per heavy atom. The number of hydrogen-bond acceptors (Lipinski definition) is 1. The van der Waals surface area contributed by atoms with Gasteiger partial charge in [-0.15, -0.1) is 0 Å². The van der Waals surface area contributed by atoms with Crippen LogP contribution < -0.4 is 0 Å². The van der Waals surface area contributed by atoms with E-state index < -0.39 is 0 Å². The van der Waals surface area contributed by atoms with Crippen molar-refractivity contribution in [3.8, 4) is 5.75 Å². The molecule has 1 N–H and O–H groups in total. The van der Waals surface area contributed by atoms with Crippen molar-refractivity contribution in [1.29, 1.82) is 0 Å². The minimum absolute atomic E-state index is 0.280. The Kier molecular flexibility index (Phi) is 2.77. The first-order valence-electron chi connectivity index (χ1n) is 3.71. The van der Waals surface area contributed by atoms with Crippen molar-refractivity contribution in [3.05, 3.63) is 40.9 Å². The zero-order valence-electron chi connectivity index (χ0n) is 6.97. The van der Waals surface area contributed by atoms with Crippen LogP contribution in [-0.2, 0) is 6.42 Å². The van der Waals surface area contributed by atoms with Crippen LogP contribution in [0, 0.1) is 0 Å². The number of allylic oxidation sites excluding steroid dienone is 1. The maximum Gasteiger partial charge on any atom is 0.119 e. The molecule has 0 aromatic heterocycles. The molecule has 0 amide bonds. The molecule has 0 aliphatic rings. The summed E-state index contributed by atoms with van der Waals surface area (Å²) < 4.78 is 0. The van der Waals surface area contributed by atoms with E-state index in [1.165, 1.54) is 0 Å². The van der Waals surface area contributed by atoms with Crippen LogP contribution in [0.1, 0.15) is 12.5 Å². The molecule has 1 rings (SSSR count). The highest BCUT2D eigenvalue weighted by Gasteiger charge is 2.01. The molecule has 0 aliphatic carbocycles. The molecule has 0 radical (unpaired) electrons. The number of rotatable bonds is 2. The number of hydrogen-bond donors (Lipinski definition) is 1. The van der Waals surface area contributed by atoms with E-state index in [0.29, 0.717) is 11.4 Å². The molecule has 0 aliphatic heterocycles. The van der Waals surface area contributed by atoms with Gasteiger partial charge in [0.05, 0.1) is 0 Å². The van der Waals surface area contributed by atoms with E-state index in [4.69, 9.17) is 11.6 Å². The largest absolute Gasteiger partial charge is 0.508 e. The van der Waals surface area contributed by atoms with Crippen LogP contribution in [0.3, 0.4) is 0 Å². The Hall–Kier alpha value is -0.950. The second-order valence-electron chi connectivity index (χ2n) is 2.91. The van der Waals surface area contributed by atoms with E-state index in [1.807, 2.05) is 6.92 Å². The molecular weight excluding hydrogens is 172 g/mol. The van der Waals surface area contributed by atoms with Gasteiger partial charge in [-0.2, -0.15) is 0 Å². The summed E-state index contributed by atoms with van der Waals surface area (Å²) in [7, 11) is 0. The van der Waals surface area contributed by atoms with Gasteiger partial charge in [-0.05, 0) is 37.1 Å². The first-order valence-corrected chi connectivity index (χ1v) is 4.09. The van der Waals surface area contributed by atoms with Crippen molar-refractivity contribution >= 4 is 11.6 Å².